The van der Waals surface area contributed by atoms with Gasteiger partial charge in [0.15, 0.2) is 6.61 Å². The van der Waals surface area contributed by atoms with Gasteiger partial charge in [-0.3, -0.25) is 4.79 Å². The Balaban J connectivity index is 1.36. The van der Waals surface area contributed by atoms with Gasteiger partial charge in [-0.1, -0.05) is 72.3 Å². The molecule has 0 saturated carbocycles. The molecule has 1 aromatic heterocycles. The van der Waals surface area contributed by atoms with Crippen molar-refractivity contribution in [2.45, 2.75) is 19.4 Å². The van der Waals surface area contributed by atoms with Crippen LogP contribution in [0.1, 0.15) is 39.6 Å². The molecule has 8 nitrogen and oxygen atoms in total. The van der Waals surface area contributed by atoms with Crippen LogP contribution in [0.3, 0.4) is 0 Å². The SMILES string of the molecule is COc1ccc(C2CC(c3ccccc3)=NN2C(=O)COC(=O)c2c(C)nn(-c3ccccc3)c2Cl)cc1. The second kappa shape index (κ2) is 10.9. The number of ether oxygens (including phenoxy) is 2. The number of hydrazone groups is 1. The van der Waals surface area contributed by atoms with Gasteiger partial charge in [0.05, 0.1) is 30.2 Å². The standard InChI is InChI=1S/C29H25ClN4O4/c1-19-27(28(30)33(31-19)22-11-7-4-8-12-22)29(36)38-18-26(35)34-25(21-13-15-23(37-2)16-14-21)17-24(32-34)20-9-5-3-6-10-20/h3-16,25H,17-18H2,1-2H3. The van der Waals surface area contributed by atoms with E-state index in [-0.39, 0.29) is 16.8 Å². The van der Waals surface area contributed by atoms with Crippen molar-refractivity contribution in [3.05, 3.63) is 112 Å². The van der Waals surface area contributed by atoms with Gasteiger partial charge in [0, 0.05) is 6.42 Å². The number of amides is 1. The summed E-state index contributed by atoms with van der Waals surface area (Å²) >= 11 is 6.49. The minimum Gasteiger partial charge on any atom is -0.497 e. The van der Waals surface area contributed by atoms with Crippen LogP contribution in [-0.2, 0) is 9.53 Å². The van der Waals surface area contributed by atoms with E-state index in [0.29, 0.717) is 23.6 Å². The van der Waals surface area contributed by atoms with Gasteiger partial charge in [0.1, 0.15) is 16.5 Å². The molecule has 4 aromatic rings. The molecule has 38 heavy (non-hydrogen) atoms. The van der Waals surface area contributed by atoms with Gasteiger partial charge in [0.25, 0.3) is 5.91 Å². The van der Waals surface area contributed by atoms with Gasteiger partial charge in [-0.15, -0.1) is 0 Å². The summed E-state index contributed by atoms with van der Waals surface area (Å²) in [4.78, 5) is 26.3. The van der Waals surface area contributed by atoms with Gasteiger partial charge in [-0.05, 0) is 42.3 Å². The molecule has 192 valence electrons. The molecule has 0 saturated heterocycles. The molecular weight excluding hydrogens is 504 g/mol. The smallest absolute Gasteiger partial charge is 0.343 e. The number of aryl methyl sites for hydroxylation is 1. The fourth-order valence-corrected chi connectivity index (χ4v) is 4.72. The summed E-state index contributed by atoms with van der Waals surface area (Å²) in [5.74, 6) is -0.462. The van der Waals surface area contributed by atoms with E-state index < -0.39 is 18.5 Å². The van der Waals surface area contributed by atoms with Crippen molar-refractivity contribution in [3.8, 4) is 11.4 Å². The Hall–Kier alpha value is -4.43. The Kier molecular flexibility index (Phi) is 7.24. The van der Waals surface area contributed by atoms with E-state index in [1.807, 2.05) is 84.9 Å². The minimum atomic E-state index is -0.726. The number of carbonyl (C=O) groups is 2. The fourth-order valence-electron chi connectivity index (χ4n) is 4.37. The number of esters is 1. The van der Waals surface area contributed by atoms with Crippen LogP contribution < -0.4 is 4.74 Å². The Bertz CT molecular complexity index is 1480. The summed E-state index contributed by atoms with van der Waals surface area (Å²) in [6, 6.07) is 26.0. The average Bonchev–Trinajstić information content (AvgIpc) is 3.53. The number of para-hydroxylation sites is 1. The van der Waals surface area contributed by atoms with Crippen molar-refractivity contribution in [2.75, 3.05) is 13.7 Å². The van der Waals surface area contributed by atoms with Crippen LogP contribution in [0.5, 0.6) is 5.75 Å². The van der Waals surface area contributed by atoms with Crippen LogP contribution in [-0.4, -0.2) is 46.1 Å². The Labute approximate surface area is 225 Å². The molecule has 0 bridgehead atoms. The molecule has 0 fully saturated rings. The zero-order chi connectivity index (χ0) is 26.6. The summed E-state index contributed by atoms with van der Waals surface area (Å²) in [7, 11) is 1.60. The maximum absolute atomic E-state index is 13.3. The van der Waals surface area contributed by atoms with E-state index in [4.69, 9.17) is 21.1 Å². The molecule has 9 heteroatoms. The summed E-state index contributed by atoms with van der Waals surface area (Å²) in [5, 5.41) is 10.5. The highest BCUT2D eigenvalue weighted by Crippen LogP contribution is 2.34. The maximum atomic E-state index is 13.3. The molecule has 0 spiro atoms. The molecule has 0 radical (unpaired) electrons. The van der Waals surface area contributed by atoms with Crippen LogP contribution in [0.4, 0.5) is 0 Å². The molecule has 1 aliphatic rings. The third-order valence-corrected chi connectivity index (χ3v) is 6.66. The average molecular weight is 529 g/mol. The van der Waals surface area contributed by atoms with Crippen LogP contribution in [0, 0.1) is 6.92 Å². The number of hydrogen-bond acceptors (Lipinski definition) is 6. The van der Waals surface area contributed by atoms with Crippen molar-refractivity contribution >= 4 is 29.2 Å². The highest BCUT2D eigenvalue weighted by atomic mass is 35.5. The van der Waals surface area contributed by atoms with E-state index in [2.05, 4.69) is 10.2 Å². The van der Waals surface area contributed by atoms with E-state index >= 15 is 0 Å². The van der Waals surface area contributed by atoms with Crippen molar-refractivity contribution in [3.63, 3.8) is 0 Å². The number of carbonyl (C=O) groups excluding carboxylic acids is 2. The lowest BCUT2D eigenvalue weighted by molar-refractivity contribution is -0.136. The fraction of sp³-hybridized carbons (Fsp3) is 0.172. The number of rotatable bonds is 7. The van der Waals surface area contributed by atoms with Crippen LogP contribution >= 0.6 is 11.6 Å². The summed E-state index contributed by atoms with van der Waals surface area (Å²) in [5.41, 5.74) is 3.81. The Morgan fingerprint density at radius 3 is 2.29 bits per heavy atom. The molecule has 0 aliphatic carbocycles. The first-order chi connectivity index (χ1) is 18.5. The lowest BCUT2D eigenvalue weighted by atomic mass is 9.98. The predicted octanol–water partition coefficient (Wildman–Crippen LogP) is 5.38. The first-order valence-corrected chi connectivity index (χ1v) is 12.4. The zero-order valence-corrected chi connectivity index (χ0v) is 21.6. The number of methoxy groups -OCH3 is 1. The Morgan fingerprint density at radius 2 is 1.63 bits per heavy atom. The maximum Gasteiger partial charge on any atom is 0.343 e. The van der Waals surface area contributed by atoms with E-state index in [0.717, 1.165) is 16.8 Å². The van der Waals surface area contributed by atoms with Crippen LogP contribution in [0.15, 0.2) is 90.0 Å². The molecule has 3 aromatic carbocycles. The highest BCUT2D eigenvalue weighted by molar-refractivity contribution is 6.33. The van der Waals surface area contributed by atoms with Crippen molar-refractivity contribution in [1.29, 1.82) is 0 Å². The highest BCUT2D eigenvalue weighted by Gasteiger charge is 2.34. The number of benzene rings is 3. The molecule has 1 unspecified atom stereocenters. The van der Waals surface area contributed by atoms with Gasteiger partial charge in [-0.25, -0.2) is 14.5 Å². The van der Waals surface area contributed by atoms with Crippen molar-refractivity contribution in [2.24, 2.45) is 5.10 Å². The van der Waals surface area contributed by atoms with E-state index in [1.54, 1.807) is 14.0 Å². The second-order valence-electron chi connectivity index (χ2n) is 8.72. The third-order valence-electron chi connectivity index (χ3n) is 6.31. The largest absolute Gasteiger partial charge is 0.497 e. The normalized spacial score (nSPS) is 14.8. The van der Waals surface area contributed by atoms with E-state index in [9.17, 15) is 9.59 Å². The molecule has 1 atom stereocenters. The van der Waals surface area contributed by atoms with E-state index in [1.165, 1.54) is 9.69 Å². The minimum absolute atomic E-state index is 0.116. The monoisotopic (exact) mass is 528 g/mol. The molecule has 1 aliphatic heterocycles. The van der Waals surface area contributed by atoms with Crippen LogP contribution in [0.25, 0.3) is 5.69 Å². The summed E-state index contributed by atoms with van der Waals surface area (Å²) in [6.45, 7) is 1.17. The second-order valence-corrected chi connectivity index (χ2v) is 9.08. The number of aromatic nitrogens is 2. The topological polar surface area (TPSA) is 86.0 Å². The van der Waals surface area contributed by atoms with Crippen molar-refractivity contribution in [1.82, 2.24) is 14.8 Å². The predicted molar refractivity (Wildman–Crippen MR) is 144 cm³/mol. The number of halogens is 1. The molecule has 5 rings (SSSR count). The summed E-state index contributed by atoms with van der Waals surface area (Å²) < 4.78 is 12.2. The zero-order valence-electron chi connectivity index (χ0n) is 20.9. The van der Waals surface area contributed by atoms with Gasteiger partial charge >= 0.3 is 5.97 Å². The van der Waals surface area contributed by atoms with Gasteiger partial charge in [0.2, 0.25) is 0 Å². The Morgan fingerprint density at radius 1 is 0.974 bits per heavy atom. The number of hydrogen-bond donors (Lipinski definition) is 0. The molecular formula is C29H25ClN4O4. The van der Waals surface area contributed by atoms with Gasteiger partial charge in [-0.2, -0.15) is 10.2 Å². The molecule has 1 amide bonds. The number of nitrogens with zero attached hydrogens (tertiary/aromatic N) is 4. The third kappa shape index (κ3) is 5.03. The molecule has 2 heterocycles. The van der Waals surface area contributed by atoms with Crippen molar-refractivity contribution < 1.29 is 19.1 Å². The quantitative estimate of drug-likeness (QED) is 0.301. The van der Waals surface area contributed by atoms with Crippen LogP contribution in [0.2, 0.25) is 5.15 Å². The lowest BCUT2D eigenvalue weighted by Crippen LogP contribution is -2.31. The lowest BCUT2D eigenvalue weighted by Gasteiger charge is -2.22. The first-order valence-electron chi connectivity index (χ1n) is 12.0. The van der Waals surface area contributed by atoms with Gasteiger partial charge < -0.3 is 9.47 Å². The summed E-state index contributed by atoms with van der Waals surface area (Å²) in [6.07, 6.45) is 0.519. The molecule has 0 N–H and O–H groups in total. The first kappa shape index (κ1) is 25.2.